The van der Waals surface area contributed by atoms with Crippen molar-refractivity contribution < 1.29 is 19.1 Å². The summed E-state index contributed by atoms with van der Waals surface area (Å²) in [5, 5.41) is 9.13. The van der Waals surface area contributed by atoms with Gasteiger partial charge in [-0.15, -0.1) is 0 Å². The molecule has 3 aliphatic heterocycles. The number of rotatable bonds is 4. The van der Waals surface area contributed by atoms with Crippen LogP contribution in [0.25, 0.3) is 10.9 Å². The highest BCUT2D eigenvalue weighted by Crippen LogP contribution is 2.60. The van der Waals surface area contributed by atoms with Crippen molar-refractivity contribution in [1.29, 1.82) is 0 Å². The lowest BCUT2D eigenvalue weighted by atomic mass is 9.97. The highest BCUT2D eigenvalue weighted by molar-refractivity contribution is 6.07. The van der Waals surface area contributed by atoms with Crippen LogP contribution >= 0.6 is 0 Å². The van der Waals surface area contributed by atoms with Crippen molar-refractivity contribution in [1.82, 2.24) is 20.0 Å². The van der Waals surface area contributed by atoms with Crippen LogP contribution in [0.2, 0.25) is 0 Å². The zero-order valence-corrected chi connectivity index (χ0v) is 23.3. The Balaban J connectivity index is 1.41. The molecule has 3 atom stereocenters. The molecule has 4 heterocycles. The van der Waals surface area contributed by atoms with E-state index in [4.69, 9.17) is 9.84 Å². The van der Waals surface area contributed by atoms with Crippen molar-refractivity contribution in [2.75, 3.05) is 37.7 Å². The Labute approximate surface area is 230 Å². The second-order valence-corrected chi connectivity index (χ2v) is 12.0. The van der Waals surface area contributed by atoms with Crippen LogP contribution < -0.4 is 10.2 Å². The maximum atomic E-state index is 14.0. The lowest BCUT2D eigenvalue weighted by molar-refractivity contribution is -0.139. The van der Waals surface area contributed by atoms with Gasteiger partial charge in [0, 0.05) is 62.1 Å². The first-order valence-electron chi connectivity index (χ1n) is 14.8. The molecule has 3 fully saturated rings. The molecule has 6 rings (SSSR count). The number of nitrogens with zero attached hydrogens (tertiary/aromatic N) is 4. The fourth-order valence-electron chi connectivity index (χ4n) is 7.10. The highest BCUT2D eigenvalue weighted by atomic mass is 16.5. The summed E-state index contributed by atoms with van der Waals surface area (Å²) < 4.78 is 7.82. The number of hydrogen-bond donors (Lipinski definition) is 1. The molecule has 210 valence electrons. The number of anilines is 1. The minimum atomic E-state index is -0.402. The minimum absolute atomic E-state index is 0.0147. The second kappa shape index (κ2) is 10.7. The Kier molecular flexibility index (Phi) is 7.22. The van der Waals surface area contributed by atoms with Crippen LogP contribution in [0.15, 0.2) is 12.1 Å². The number of carbonyl (C=O) groups excluding carboxylic acids is 3. The number of ketones is 2. The van der Waals surface area contributed by atoms with Crippen LogP contribution in [0.4, 0.5) is 5.69 Å². The number of hydrogen-bond acceptors (Lipinski definition) is 7. The summed E-state index contributed by atoms with van der Waals surface area (Å²) in [6.07, 6.45) is 7.46. The van der Waals surface area contributed by atoms with E-state index in [-0.39, 0.29) is 35.5 Å². The molecule has 0 spiro atoms. The lowest BCUT2D eigenvalue weighted by Gasteiger charge is -2.26. The molecule has 2 aromatic rings. The quantitative estimate of drug-likeness (QED) is 0.599. The summed E-state index contributed by atoms with van der Waals surface area (Å²) in [6, 6.07) is 3.93. The van der Waals surface area contributed by atoms with Crippen molar-refractivity contribution in [2.24, 2.45) is 5.41 Å². The van der Waals surface area contributed by atoms with Crippen LogP contribution in [0.1, 0.15) is 81.3 Å². The van der Waals surface area contributed by atoms with E-state index in [0.717, 1.165) is 74.1 Å². The number of Topliss-reactive ketones (excluding diaryl/α,β-unsaturated/α-hetero) is 2. The van der Waals surface area contributed by atoms with Crippen molar-refractivity contribution in [2.45, 2.75) is 90.4 Å². The molecule has 1 N–H and O–H groups in total. The molecule has 4 aliphatic rings. The third-order valence-electron chi connectivity index (χ3n) is 9.27. The predicted molar refractivity (Wildman–Crippen MR) is 149 cm³/mol. The number of piperidine rings is 1. The van der Waals surface area contributed by atoms with E-state index < -0.39 is 6.04 Å². The predicted octanol–water partition coefficient (Wildman–Crippen LogP) is 3.47. The summed E-state index contributed by atoms with van der Waals surface area (Å²) in [6.45, 7) is 8.30. The number of aromatic nitrogens is 2. The molecular formula is C30H41N5O4. The SMILES string of the molecule is CCC(=O)[C@@H]1C[C@]23COCCCCCNCc4cc(N5CCCC5)cc5c(C(C)=O)nn(c45)CC(=O)N1[C@@H]2C3. The van der Waals surface area contributed by atoms with E-state index in [1.165, 1.54) is 12.8 Å². The average molecular weight is 536 g/mol. The molecule has 1 aromatic heterocycles. The number of carbonyl (C=O) groups is 3. The summed E-state index contributed by atoms with van der Waals surface area (Å²) in [5.74, 6) is -0.0962. The summed E-state index contributed by atoms with van der Waals surface area (Å²) in [4.78, 5) is 43.9. The number of ether oxygens (including phenoxy) is 1. The normalized spacial score (nSPS) is 28.0. The Morgan fingerprint density at radius 2 is 1.95 bits per heavy atom. The van der Waals surface area contributed by atoms with Gasteiger partial charge in [0.25, 0.3) is 0 Å². The number of nitrogens with one attached hydrogen (secondary N) is 1. The van der Waals surface area contributed by atoms with E-state index in [2.05, 4.69) is 22.3 Å². The molecule has 9 heteroatoms. The highest BCUT2D eigenvalue weighted by Gasteiger charge is 2.66. The van der Waals surface area contributed by atoms with Crippen molar-refractivity contribution >= 4 is 34.1 Å². The van der Waals surface area contributed by atoms with Crippen molar-refractivity contribution in [3.63, 3.8) is 0 Å². The van der Waals surface area contributed by atoms with Gasteiger partial charge in [-0.25, -0.2) is 0 Å². The Hall–Kier alpha value is -2.78. The van der Waals surface area contributed by atoms with Crippen LogP contribution in [0.3, 0.4) is 0 Å². The zero-order valence-electron chi connectivity index (χ0n) is 23.3. The number of amides is 1. The molecule has 1 saturated carbocycles. The van der Waals surface area contributed by atoms with Crippen LogP contribution in [0.5, 0.6) is 0 Å². The largest absolute Gasteiger partial charge is 0.381 e. The van der Waals surface area contributed by atoms with Gasteiger partial charge in [-0.1, -0.05) is 6.92 Å². The molecule has 1 amide bonds. The maximum Gasteiger partial charge on any atom is 0.245 e. The van der Waals surface area contributed by atoms with Gasteiger partial charge in [-0.05, 0) is 69.2 Å². The molecule has 2 bridgehead atoms. The molecule has 2 saturated heterocycles. The molecule has 1 aliphatic carbocycles. The molecule has 0 unspecified atom stereocenters. The first-order chi connectivity index (χ1) is 18.9. The molecule has 9 nitrogen and oxygen atoms in total. The van der Waals surface area contributed by atoms with Gasteiger partial charge in [0.15, 0.2) is 11.6 Å². The average Bonchev–Trinajstić information content (AvgIpc) is 3.31. The molecule has 1 aromatic carbocycles. The molecule has 0 radical (unpaired) electrons. The minimum Gasteiger partial charge on any atom is -0.381 e. The van der Waals surface area contributed by atoms with Gasteiger partial charge in [0.2, 0.25) is 5.91 Å². The van der Waals surface area contributed by atoms with E-state index in [0.29, 0.717) is 31.7 Å². The third-order valence-corrected chi connectivity index (χ3v) is 9.27. The van der Waals surface area contributed by atoms with Crippen LogP contribution in [-0.2, 0) is 27.4 Å². The van der Waals surface area contributed by atoms with E-state index in [9.17, 15) is 14.4 Å². The topological polar surface area (TPSA) is 96.8 Å². The molecule has 39 heavy (non-hydrogen) atoms. The molecular weight excluding hydrogens is 494 g/mol. The fraction of sp³-hybridized carbons (Fsp3) is 0.667. The monoisotopic (exact) mass is 535 g/mol. The van der Waals surface area contributed by atoms with Gasteiger partial charge in [-0.2, -0.15) is 5.10 Å². The third kappa shape index (κ3) is 4.88. The maximum absolute atomic E-state index is 14.0. The van der Waals surface area contributed by atoms with Crippen molar-refractivity contribution in [3.05, 3.63) is 23.4 Å². The summed E-state index contributed by atoms with van der Waals surface area (Å²) in [5.41, 5.74) is 3.32. The standard InChI is InChI=1S/C30H41N5O4/c1-3-25(37)24-15-30-16-26(30)35(24)27(38)18-34-29-21(17-31-9-5-4-8-12-39-19-30)13-22(33-10-6-7-11-33)14-23(29)28(32-34)20(2)36/h13-14,24,26,31H,3-12,15-19H2,1-2H3/t24-,26+,30-/m0/s1. The van der Waals surface area contributed by atoms with Crippen molar-refractivity contribution in [3.8, 4) is 0 Å². The summed E-state index contributed by atoms with van der Waals surface area (Å²) in [7, 11) is 0. The van der Waals surface area contributed by atoms with Gasteiger partial charge in [0.1, 0.15) is 12.2 Å². The van der Waals surface area contributed by atoms with Crippen LogP contribution in [-0.4, -0.2) is 77.1 Å². The van der Waals surface area contributed by atoms with Gasteiger partial charge in [0.05, 0.1) is 18.2 Å². The van der Waals surface area contributed by atoms with E-state index >= 15 is 0 Å². The fourth-order valence-corrected chi connectivity index (χ4v) is 7.10. The van der Waals surface area contributed by atoms with Gasteiger partial charge in [-0.3, -0.25) is 19.1 Å². The smallest absolute Gasteiger partial charge is 0.245 e. The van der Waals surface area contributed by atoms with E-state index in [1.807, 2.05) is 11.8 Å². The van der Waals surface area contributed by atoms with Gasteiger partial charge < -0.3 is 19.9 Å². The Morgan fingerprint density at radius 3 is 2.72 bits per heavy atom. The Bertz CT molecular complexity index is 1280. The van der Waals surface area contributed by atoms with E-state index in [1.54, 1.807) is 11.6 Å². The first-order valence-corrected chi connectivity index (χ1v) is 14.8. The lowest BCUT2D eigenvalue weighted by Crippen LogP contribution is -2.44. The van der Waals surface area contributed by atoms with Gasteiger partial charge >= 0.3 is 0 Å². The Morgan fingerprint density at radius 1 is 1.13 bits per heavy atom. The second-order valence-electron chi connectivity index (χ2n) is 12.0. The number of benzene rings is 1. The van der Waals surface area contributed by atoms with Crippen LogP contribution in [0, 0.1) is 5.41 Å². The zero-order chi connectivity index (χ0) is 27.1. The first kappa shape index (κ1) is 26.4. The summed E-state index contributed by atoms with van der Waals surface area (Å²) >= 11 is 0.